The summed E-state index contributed by atoms with van der Waals surface area (Å²) in [6.45, 7) is 1.94. The molecule has 24 heavy (non-hydrogen) atoms. The van der Waals surface area contributed by atoms with Crippen LogP contribution in [-0.4, -0.2) is 18.5 Å². The number of aryl methyl sites for hydroxylation is 1. The van der Waals surface area contributed by atoms with Crippen LogP contribution in [0.1, 0.15) is 35.8 Å². The van der Waals surface area contributed by atoms with Gasteiger partial charge in [-0.3, -0.25) is 13.9 Å². The number of hydrogen-bond donors (Lipinski definition) is 0. The summed E-state index contributed by atoms with van der Waals surface area (Å²) in [4.78, 5) is 29.6. The Morgan fingerprint density at radius 1 is 1.33 bits per heavy atom. The van der Waals surface area contributed by atoms with Gasteiger partial charge in [-0.15, -0.1) is 0 Å². The highest BCUT2D eigenvalue weighted by Crippen LogP contribution is 2.33. The normalized spacial score (nSPS) is 14.0. The van der Waals surface area contributed by atoms with Crippen molar-refractivity contribution in [3.05, 3.63) is 68.4 Å². The van der Waals surface area contributed by atoms with Gasteiger partial charge in [0.2, 0.25) is 0 Å². The standard InChI is InChI=1S/C17H15N5O2/c1-11-14(20-7-3-2-4-15(20)19-11)10-22-16(23)12(8-18)9-21(17(22)24)13-5-6-13/h2-4,7,9,13H,5-6,10H2,1H3. The lowest BCUT2D eigenvalue weighted by Crippen LogP contribution is -2.41. The Morgan fingerprint density at radius 3 is 2.83 bits per heavy atom. The predicted molar refractivity (Wildman–Crippen MR) is 87.0 cm³/mol. The maximum absolute atomic E-state index is 12.7. The average molecular weight is 321 g/mol. The fourth-order valence-corrected chi connectivity index (χ4v) is 2.96. The minimum absolute atomic E-state index is 0.00651. The van der Waals surface area contributed by atoms with E-state index in [1.165, 1.54) is 10.8 Å². The van der Waals surface area contributed by atoms with Crippen molar-refractivity contribution in [2.24, 2.45) is 0 Å². The van der Waals surface area contributed by atoms with E-state index in [4.69, 9.17) is 0 Å². The van der Waals surface area contributed by atoms with Crippen molar-refractivity contribution in [2.75, 3.05) is 0 Å². The monoisotopic (exact) mass is 321 g/mol. The van der Waals surface area contributed by atoms with Crippen LogP contribution >= 0.6 is 0 Å². The van der Waals surface area contributed by atoms with Crippen LogP contribution in [0.2, 0.25) is 0 Å². The predicted octanol–water partition coefficient (Wildman–Crippen LogP) is 1.22. The third kappa shape index (κ3) is 2.15. The summed E-state index contributed by atoms with van der Waals surface area (Å²) in [5, 5.41) is 9.22. The van der Waals surface area contributed by atoms with Gasteiger partial charge >= 0.3 is 5.69 Å². The third-order valence-corrected chi connectivity index (χ3v) is 4.39. The Kier molecular flexibility index (Phi) is 3.13. The summed E-state index contributed by atoms with van der Waals surface area (Å²) >= 11 is 0. The van der Waals surface area contributed by atoms with E-state index < -0.39 is 5.56 Å². The van der Waals surface area contributed by atoms with Crippen LogP contribution in [-0.2, 0) is 6.54 Å². The molecule has 0 spiro atoms. The number of nitriles is 1. The Hall–Kier alpha value is -3.14. The van der Waals surface area contributed by atoms with Gasteiger partial charge < -0.3 is 4.40 Å². The largest absolute Gasteiger partial charge is 0.331 e. The fourth-order valence-electron chi connectivity index (χ4n) is 2.96. The zero-order valence-electron chi connectivity index (χ0n) is 13.1. The van der Waals surface area contributed by atoms with E-state index in [0.29, 0.717) is 0 Å². The van der Waals surface area contributed by atoms with Crippen LogP contribution in [0.15, 0.2) is 40.2 Å². The molecule has 0 bridgehead atoms. The van der Waals surface area contributed by atoms with E-state index >= 15 is 0 Å². The van der Waals surface area contributed by atoms with Gasteiger partial charge in [-0.2, -0.15) is 5.26 Å². The maximum Gasteiger partial charge on any atom is 0.331 e. The Labute approximate surface area is 137 Å². The molecule has 1 aliphatic carbocycles. The smallest absolute Gasteiger partial charge is 0.302 e. The van der Waals surface area contributed by atoms with Crippen LogP contribution in [0.3, 0.4) is 0 Å². The molecule has 0 amide bonds. The molecule has 120 valence electrons. The second-order valence-electron chi connectivity index (χ2n) is 6.04. The molecule has 3 aromatic rings. The van der Waals surface area contributed by atoms with E-state index in [-0.39, 0.29) is 23.8 Å². The van der Waals surface area contributed by atoms with Gasteiger partial charge in [0, 0.05) is 18.4 Å². The van der Waals surface area contributed by atoms with Gasteiger partial charge in [0.15, 0.2) is 0 Å². The molecule has 0 aliphatic heterocycles. The molecule has 3 heterocycles. The number of pyridine rings is 1. The van der Waals surface area contributed by atoms with Gasteiger partial charge in [-0.1, -0.05) is 6.07 Å². The summed E-state index contributed by atoms with van der Waals surface area (Å²) in [5.41, 5.74) is 1.36. The molecule has 0 unspecified atom stereocenters. The maximum atomic E-state index is 12.7. The second-order valence-corrected chi connectivity index (χ2v) is 6.04. The first kappa shape index (κ1) is 14.5. The van der Waals surface area contributed by atoms with Crippen LogP contribution in [0.4, 0.5) is 0 Å². The van der Waals surface area contributed by atoms with Crippen molar-refractivity contribution >= 4 is 5.65 Å². The van der Waals surface area contributed by atoms with E-state index in [1.807, 2.05) is 41.8 Å². The number of hydrogen-bond acceptors (Lipinski definition) is 4. The van der Waals surface area contributed by atoms with Crippen LogP contribution in [0, 0.1) is 18.3 Å². The van der Waals surface area contributed by atoms with Crippen molar-refractivity contribution in [3.63, 3.8) is 0 Å². The van der Waals surface area contributed by atoms with Crippen molar-refractivity contribution in [2.45, 2.75) is 32.4 Å². The van der Waals surface area contributed by atoms with Gasteiger partial charge in [0.1, 0.15) is 17.3 Å². The molecule has 0 saturated heterocycles. The molecule has 1 saturated carbocycles. The van der Waals surface area contributed by atoms with E-state index in [0.717, 1.165) is 34.4 Å². The van der Waals surface area contributed by atoms with Crippen molar-refractivity contribution in [3.8, 4) is 6.07 Å². The van der Waals surface area contributed by atoms with Crippen molar-refractivity contribution in [1.82, 2.24) is 18.5 Å². The van der Waals surface area contributed by atoms with Crippen LogP contribution in [0.5, 0.6) is 0 Å². The Balaban J connectivity index is 1.92. The van der Waals surface area contributed by atoms with Crippen LogP contribution < -0.4 is 11.2 Å². The minimum atomic E-state index is -0.551. The summed E-state index contributed by atoms with van der Waals surface area (Å²) < 4.78 is 4.51. The SMILES string of the molecule is Cc1nc2ccccn2c1Cn1c(=O)c(C#N)cn(C2CC2)c1=O. The van der Waals surface area contributed by atoms with E-state index in [9.17, 15) is 14.9 Å². The van der Waals surface area contributed by atoms with Gasteiger partial charge in [-0.05, 0) is 31.9 Å². The van der Waals surface area contributed by atoms with Gasteiger partial charge in [0.05, 0.1) is 17.9 Å². The third-order valence-electron chi connectivity index (χ3n) is 4.39. The lowest BCUT2D eigenvalue weighted by molar-refractivity contribution is 0.580. The van der Waals surface area contributed by atoms with E-state index in [1.54, 1.807) is 0 Å². The zero-order chi connectivity index (χ0) is 16.8. The van der Waals surface area contributed by atoms with Gasteiger partial charge in [-0.25, -0.2) is 9.78 Å². The first-order chi connectivity index (χ1) is 11.6. The molecule has 0 atom stereocenters. The summed E-state index contributed by atoms with van der Waals surface area (Å²) in [6, 6.07) is 7.62. The molecule has 7 heteroatoms. The van der Waals surface area contributed by atoms with Crippen molar-refractivity contribution in [1.29, 1.82) is 5.26 Å². The number of aromatic nitrogens is 4. The fraction of sp³-hybridized carbons (Fsp3) is 0.294. The molecule has 0 radical (unpaired) electrons. The average Bonchev–Trinajstić information content (AvgIpc) is 3.36. The Morgan fingerprint density at radius 2 is 2.12 bits per heavy atom. The molecule has 0 aromatic carbocycles. The number of rotatable bonds is 3. The topological polar surface area (TPSA) is 85.1 Å². The molecule has 3 aromatic heterocycles. The molecule has 1 fully saturated rings. The van der Waals surface area contributed by atoms with E-state index in [2.05, 4.69) is 4.98 Å². The quantitative estimate of drug-likeness (QED) is 0.726. The minimum Gasteiger partial charge on any atom is -0.302 e. The highest BCUT2D eigenvalue weighted by molar-refractivity contribution is 5.42. The highest BCUT2D eigenvalue weighted by atomic mass is 16.2. The lowest BCUT2D eigenvalue weighted by Gasteiger charge is -2.10. The first-order valence-electron chi connectivity index (χ1n) is 7.79. The first-order valence-corrected chi connectivity index (χ1v) is 7.79. The van der Waals surface area contributed by atoms with Crippen LogP contribution in [0.25, 0.3) is 5.65 Å². The zero-order valence-corrected chi connectivity index (χ0v) is 13.1. The summed E-state index contributed by atoms with van der Waals surface area (Å²) in [6.07, 6.45) is 5.04. The molecule has 7 nitrogen and oxygen atoms in total. The summed E-state index contributed by atoms with van der Waals surface area (Å²) in [5.74, 6) is 0. The van der Waals surface area contributed by atoms with Gasteiger partial charge in [0.25, 0.3) is 5.56 Å². The highest BCUT2D eigenvalue weighted by Gasteiger charge is 2.27. The second kappa shape index (κ2) is 5.20. The number of fused-ring (bicyclic) bond motifs is 1. The Bertz CT molecular complexity index is 1110. The number of imidazole rings is 1. The van der Waals surface area contributed by atoms with Crippen molar-refractivity contribution < 1.29 is 0 Å². The molecular weight excluding hydrogens is 306 g/mol. The number of nitrogens with zero attached hydrogens (tertiary/aromatic N) is 5. The summed E-state index contributed by atoms with van der Waals surface area (Å²) in [7, 11) is 0. The molecule has 0 N–H and O–H groups in total. The molecule has 1 aliphatic rings. The molecule has 4 rings (SSSR count). The lowest BCUT2D eigenvalue weighted by atomic mass is 10.3. The molecular formula is C17H15N5O2.